The standard InChI is InChI=1S/C14H19BO2/c1-5-11-14(4)13(2,3)16-15(17-14)12-9-7-6-8-10-12/h5-10H,1,11H2,2-4H3. The number of benzene rings is 1. The largest absolute Gasteiger partial charge is 0.494 e. The molecule has 0 aliphatic carbocycles. The summed E-state index contributed by atoms with van der Waals surface area (Å²) in [6.07, 6.45) is 2.67. The summed E-state index contributed by atoms with van der Waals surface area (Å²) in [5, 5.41) is 0. The first kappa shape index (κ1) is 12.4. The van der Waals surface area contributed by atoms with E-state index in [0.717, 1.165) is 11.9 Å². The van der Waals surface area contributed by atoms with Crippen molar-refractivity contribution in [3.05, 3.63) is 43.0 Å². The van der Waals surface area contributed by atoms with Gasteiger partial charge in [0.15, 0.2) is 0 Å². The van der Waals surface area contributed by atoms with Crippen molar-refractivity contribution in [2.75, 3.05) is 0 Å². The molecule has 0 aromatic heterocycles. The van der Waals surface area contributed by atoms with Gasteiger partial charge in [-0.05, 0) is 32.7 Å². The average molecular weight is 230 g/mol. The Morgan fingerprint density at radius 3 is 2.41 bits per heavy atom. The van der Waals surface area contributed by atoms with Crippen LogP contribution in [0.5, 0.6) is 0 Å². The van der Waals surface area contributed by atoms with Gasteiger partial charge in [0.25, 0.3) is 0 Å². The molecule has 0 amide bonds. The number of hydrogen-bond acceptors (Lipinski definition) is 2. The quantitative estimate of drug-likeness (QED) is 0.586. The normalized spacial score (nSPS) is 27.1. The maximum Gasteiger partial charge on any atom is 0.494 e. The summed E-state index contributed by atoms with van der Waals surface area (Å²) in [5.41, 5.74) is 0.421. The van der Waals surface area contributed by atoms with Gasteiger partial charge in [-0.2, -0.15) is 0 Å². The molecule has 0 radical (unpaired) electrons. The Balaban J connectivity index is 2.24. The fraction of sp³-hybridized carbons (Fsp3) is 0.429. The van der Waals surface area contributed by atoms with Gasteiger partial charge in [-0.15, -0.1) is 6.58 Å². The summed E-state index contributed by atoms with van der Waals surface area (Å²) in [4.78, 5) is 0. The third-order valence-corrected chi connectivity index (χ3v) is 3.65. The zero-order valence-corrected chi connectivity index (χ0v) is 10.8. The molecule has 1 aliphatic rings. The zero-order valence-electron chi connectivity index (χ0n) is 10.8. The Hall–Kier alpha value is -1.06. The molecule has 90 valence electrons. The van der Waals surface area contributed by atoms with E-state index in [-0.39, 0.29) is 18.3 Å². The van der Waals surface area contributed by atoms with E-state index in [9.17, 15) is 0 Å². The Kier molecular flexibility index (Phi) is 3.15. The molecule has 3 heteroatoms. The lowest BCUT2D eigenvalue weighted by molar-refractivity contribution is -0.00668. The summed E-state index contributed by atoms with van der Waals surface area (Å²) in [6, 6.07) is 10.0. The van der Waals surface area contributed by atoms with Gasteiger partial charge in [0.05, 0.1) is 11.2 Å². The van der Waals surface area contributed by atoms with Gasteiger partial charge in [0, 0.05) is 0 Å². The summed E-state index contributed by atoms with van der Waals surface area (Å²) >= 11 is 0. The lowest BCUT2D eigenvalue weighted by Crippen LogP contribution is -2.44. The van der Waals surface area contributed by atoms with Crippen LogP contribution >= 0.6 is 0 Å². The molecule has 0 N–H and O–H groups in total. The van der Waals surface area contributed by atoms with E-state index in [4.69, 9.17) is 9.31 Å². The molecule has 0 bridgehead atoms. The molecule has 0 spiro atoms. The zero-order chi connectivity index (χ0) is 12.5. The molecule has 1 aliphatic heterocycles. The van der Waals surface area contributed by atoms with Crippen LogP contribution in [0.2, 0.25) is 0 Å². The SMILES string of the molecule is C=CCC1(C)OB(c2ccccc2)OC1(C)C. The molecule has 1 saturated heterocycles. The van der Waals surface area contributed by atoms with E-state index in [0.29, 0.717) is 0 Å². The predicted octanol–water partition coefficient (Wildman–Crippen LogP) is 2.54. The van der Waals surface area contributed by atoms with Crippen molar-refractivity contribution in [3.63, 3.8) is 0 Å². The molecule has 1 fully saturated rings. The number of hydrogen-bond donors (Lipinski definition) is 0. The van der Waals surface area contributed by atoms with Crippen LogP contribution in [0.15, 0.2) is 43.0 Å². The van der Waals surface area contributed by atoms with Crippen molar-refractivity contribution in [2.24, 2.45) is 0 Å². The minimum atomic E-state index is -0.324. The van der Waals surface area contributed by atoms with E-state index in [2.05, 4.69) is 27.4 Å². The molecule has 1 heterocycles. The minimum Gasteiger partial charge on any atom is -0.399 e. The summed E-state index contributed by atoms with van der Waals surface area (Å²) < 4.78 is 12.1. The van der Waals surface area contributed by atoms with Crippen molar-refractivity contribution < 1.29 is 9.31 Å². The smallest absolute Gasteiger partial charge is 0.399 e. The Labute approximate surface area is 104 Å². The summed E-state index contributed by atoms with van der Waals surface area (Å²) in [6.45, 7) is 10.0. The van der Waals surface area contributed by atoms with Crippen molar-refractivity contribution in [2.45, 2.75) is 38.4 Å². The molecule has 1 unspecified atom stereocenters. The van der Waals surface area contributed by atoms with Crippen LogP contribution in [0.25, 0.3) is 0 Å². The third-order valence-electron chi connectivity index (χ3n) is 3.65. The topological polar surface area (TPSA) is 18.5 Å². The van der Waals surface area contributed by atoms with Crippen molar-refractivity contribution in [1.82, 2.24) is 0 Å². The molecular weight excluding hydrogens is 211 g/mol. The highest BCUT2D eigenvalue weighted by molar-refractivity contribution is 6.62. The Morgan fingerprint density at radius 1 is 1.18 bits per heavy atom. The van der Waals surface area contributed by atoms with Crippen LogP contribution in [0.1, 0.15) is 27.2 Å². The fourth-order valence-corrected chi connectivity index (χ4v) is 2.11. The monoisotopic (exact) mass is 230 g/mol. The Morgan fingerprint density at radius 2 is 1.82 bits per heavy atom. The molecule has 1 aromatic carbocycles. The molecule has 2 nitrogen and oxygen atoms in total. The van der Waals surface area contributed by atoms with E-state index in [1.165, 1.54) is 0 Å². The van der Waals surface area contributed by atoms with E-state index in [1.807, 2.05) is 36.4 Å². The fourth-order valence-electron chi connectivity index (χ4n) is 2.11. The van der Waals surface area contributed by atoms with Gasteiger partial charge < -0.3 is 9.31 Å². The molecule has 0 saturated carbocycles. The molecular formula is C14H19BO2. The van der Waals surface area contributed by atoms with Crippen molar-refractivity contribution in [3.8, 4) is 0 Å². The van der Waals surface area contributed by atoms with Crippen molar-refractivity contribution >= 4 is 12.6 Å². The van der Waals surface area contributed by atoms with Gasteiger partial charge in [-0.3, -0.25) is 0 Å². The van der Waals surface area contributed by atoms with Crippen LogP contribution in [0.3, 0.4) is 0 Å². The second-order valence-corrected chi connectivity index (χ2v) is 5.21. The summed E-state index contributed by atoms with van der Waals surface area (Å²) in [7, 11) is -0.281. The second-order valence-electron chi connectivity index (χ2n) is 5.21. The first-order valence-electron chi connectivity index (χ1n) is 6.00. The molecule has 1 aromatic rings. The van der Waals surface area contributed by atoms with Crippen LogP contribution in [0.4, 0.5) is 0 Å². The van der Waals surface area contributed by atoms with Crippen LogP contribution in [0, 0.1) is 0 Å². The number of rotatable bonds is 3. The first-order chi connectivity index (χ1) is 7.98. The average Bonchev–Trinajstić information content (AvgIpc) is 2.52. The van der Waals surface area contributed by atoms with E-state index in [1.54, 1.807) is 0 Å². The maximum atomic E-state index is 6.10. The maximum absolute atomic E-state index is 6.10. The van der Waals surface area contributed by atoms with Crippen LogP contribution in [-0.2, 0) is 9.31 Å². The van der Waals surface area contributed by atoms with Crippen LogP contribution in [-0.4, -0.2) is 18.3 Å². The minimum absolute atomic E-state index is 0.281. The van der Waals surface area contributed by atoms with Crippen molar-refractivity contribution in [1.29, 1.82) is 0 Å². The highest BCUT2D eigenvalue weighted by atomic mass is 16.7. The first-order valence-corrected chi connectivity index (χ1v) is 6.00. The van der Waals surface area contributed by atoms with E-state index >= 15 is 0 Å². The van der Waals surface area contributed by atoms with Gasteiger partial charge in [0.2, 0.25) is 0 Å². The third kappa shape index (κ3) is 2.17. The van der Waals surface area contributed by atoms with Gasteiger partial charge in [-0.1, -0.05) is 36.4 Å². The van der Waals surface area contributed by atoms with Crippen LogP contribution < -0.4 is 5.46 Å². The lowest BCUT2D eigenvalue weighted by Gasteiger charge is -2.35. The van der Waals surface area contributed by atoms with Gasteiger partial charge in [-0.25, -0.2) is 0 Å². The summed E-state index contributed by atoms with van der Waals surface area (Å²) in [5.74, 6) is 0. The molecule has 17 heavy (non-hydrogen) atoms. The van der Waals surface area contributed by atoms with E-state index < -0.39 is 0 Å². The molecule has 2 rings (SSSR count). The Bertz CT molecular complexity index is 402. The highest BCUT2D eigenvalue weighted by Crippen LogP contribution is 2.39. The highest BCUT2D eigenvalue weighted by Gasteiger charge is 2.53. The van der Waals surface area contributed by atoms with Gasteiger partial charge >= 0.3 is 7.12 Å². The molecule has 1 atom stereocenters. The predicted molar refractivity (Wildman–Crippen MR) is 71.3 cm³/mol. The van der Waals surface area contributed by atoms with Gasteiger partial charge in [0.1, 0.15) is 0 Å². The second kappa shape index (κ2) is 4.32. The lowest BCUT2D eigenvalue weighted by atomic mass is 9.79.